The van der Waals surface area contributed by atoms with Gasteiger partial charge in [0.05, 0.1) is 0 Å². The monoisotopic (exact) mass is 810 g/mol. The molecule has 0 aromatic heterocycles. The second kappa shape index (κ2) is 13.8. The molecule has 2 rings (SSSR count). The third-order valence-electron chi connectivity index (χ3n) is 9.78. The molecule has 0 heterocycles. The Morgan fingerprint density at radius 2 is 0.744 bits per heavy atom. The van der Waals surface area contributed by atoms with Crippen molar-refractivity contribution >= 4 is 60.6 Å². The van der Waals surface area contributed by atoms with Crippen LogP contribution in [-0.2, 0) is 7.32 Å². The molecule has 0 bridgehead atoms. The Labute approximate surface area is 265 Å². The SMILES string of the molecule is C=Cc1ccc(C(=O)[O][Sb]([O][Sb]([O]C(=O)c2ccc(C=C)cc2)([CH](C)C)([CH](C)C)[CH](C)C)([CH](C)C)([CH](C)C)[CH](C)C)cc1. The van der Waals surface area contributed by atoms with Gasteiger partial charge in [0, 0.05) is 0 Å². The summed E-state index contributed by atoms with van der Waals surface area (Å²) in [4.78, 5) is 28.4. The van der Waals surface area contributed by atoms with E-state index in [0.29, 0.717) is 11.1 Å². The van der Waals surface area contributed by atoms with E-state index in [2.05, 4.69) is 96.2 Å². The van der Waals surface area contributed by atoms with Crippen molar-refractivity contribution in [3.63, 3.8) is 0 Å². The first-order valence-corrected chi connectivity index (χ1v) is 28.6. The minimum atomic E-state index is -5.20. The zero-order valence-electron chi connectivity index (χ0n) is 28.6. The zero-order valence-corrected chi connectivity index (χ0v) is 33.7. The molecule has 0 unspecified atom stereocenters. The van der Waals surface area contributed by atoms with Gasteiger partial charge in [-0.05, 0) is 0 Å². The standard InChI is InChI=1S/2C9H8O2.6C3H7.O.2Sb/c2*1-2-7-3-5-8(6-4-7)9(10)11;6*1-3-2;;;/h2*2-6H,1H2,(H,10,11);6*3H,1-2H3;;;/q;;;;;;;;;2*+1/p-2. The van der Waals surface area contributed by atoms with Crippen LogP contribution in [0.3, 0.4) is 0 Å². The Morgan fingerprint density at radius 1 is 0.512 bits per heavy atom. The number of carbonyl (C=O) groups excluding carboxylic acids is 2. The summed E-state index contributed by atoms with van der Waals surface area (Å²) < 4.78 is 21.8. The molecule has 0 aliphatic rings. The summed E-state index contributed by atoms with van der Waals surface area (Å²) >= 11 is -10.4. The number of hydrogen-bond donors (Lipinski definition) is 0. The van der Waals surface area contributed by atoms with Crippen molar-refractivity contribution in [3.8, 4) is 0 Å². The van der Waals surface area contributed by atoms with Crippen LogP contribution < -0.4 is 0 Å². The molecule has 0 amide bonds. The third-order valence-corrected chi connectivity index (χ3v) is 63.2. The summed E-state index contributed by atoms with van der Waals surface area (Å²) in [6, 6.07) is 14.6. The number of hydrogen-bond acceptors (Lipinski definition) is 5. The van der Waals surface area contributed by atoms with Gasteiger partial charge in [0.2, 0.25) is 0 Å². The van der Waals surface area contributed by atoms with Crippen LogP contribution in [0.25, 0.3) is 12.2 Å². The Bertz CT molecular complexity index is 1150. The minimum absolute atomic E-state index is 0.0864. The van der Waals surface area contributed by atoms with E-state index >= 15 is 0 Å². The average Bonchev–Trinajstić information content (AvgIpc) is 2.95. The van der Waals surface area contributed by atoms with Crippen molar-refractivity contribution < 1.29 is 16.9 Å². The second-order valence-electron chi connectivity index (χ2n) is 13.4. The van der Waals surface area contributed by atoms with E-state index in [1.807, 2.05) is 24.3 Å². The van der Waals surface area contributed by atoms with Gasteiger partial charge in [-0.1, -0.05) is 0 Å². The molecule has 0 spiro atoms. The fraction of sp³-hybridized carbons (Fsp3) is 0.500. The topological polar surface area (TPSA) is 61.8 Å². The summed E-state index contributed by atoms with van der Waals surface area (Å²) in [7, 11) is 0. The van der Waals surface area contributed by atoms with Crippen LogP contribution in [0.2, 0.25) is 23.2 Å². The molecule has 5 nitrogen and oxygen atoms in total. The molecule has 0 radical (unpaired) electrons. The number of rotatable bonds is 14. The normalized spacial score (nSPS) is 14.5. The molecule has 0 fully saturated rings. The Balaban J connectivity index is 2.98. The quantitative estimate of drug-likeness (QED) is 0.178. The van der Waals surface area contributed by atoms with Crippen molar-refractivity contribution in [2.75, 3.05) is 0 Å². The predicted octanol–water partition coefficient (Wildman–Crippen LogP) is 11.3. The van der Waals surface area contributed by atoms with Crippen molar-refractivity contribution in [1.29, 1.82) is 0 Å². The Hall–Kier alpha value is -1.54. The van der Waals surface area contributed by atoms with E-state index in [1.54, 1.807) is 36.4 Å². The van der Waals surface area contributed by atoms with Crippen LogP contribution >= 0.6 is 0 Å². The molecular formula is C36H56O5Sb2. The molecule has 0 atom stereocenters. The predicted molar refractivity (Wildman–Crippen MR) is 187 cm³/mol. The summed E-state index contributed by atoms with van der Waals surface area (Å²) in [5.41, 5.74) is 2.80. The summed E-state index contributed by atoms with van der Waals surface area (Å²) in [5, 5.41) is 0. The molecule has 43 heavy (non-hydrogen) atoms. The van der Waals surface area contributed by atoms with Crippen LogP contribution in [0.5, 0.6) is 0 Å². The maximum atomic E-state index is 14.2. The molecule has 0 saturated heterocycles. The van der Waals surface area contributed by atoms with Gasteiger partial charge in [0.15, 0.2) is 0 Å². The molecule has 2 aromatic rings. The third kappa shape index (κ3) is 6.17. The fourth-order valence-corrected chi connectivity index (χ4v) is 76.6. The van der Waals surface area contributed by atoms with Crippen molar-refractivity contribution in [1.82, 2.24) is 0 Å². The van der Waals surface area contributed by atoms with Gasteiger partial charge >= 0.3 is 268 Å². The van der Waals surface area contributed by atoms with Gasteiger partial charge in [-0.25, -0.2) is 0 Å². The first kappa shape index (κ1) is 37.6. The Morgan fingerprint density at radius 3 is 0.930 bits per heavy atom. The van der Waals surface area contributed by atoms with E-state index in [1.165, 1.54) is 0 Å². The van der Waals surface area contributed by atoms with Crippen LogP contribution in [0.4, 0.5) is 0 Å². The molecule has 0 aliphatic carbocycles. The summed E-state index contributed by atoms with van der Waals surface area (Å²) in [6.07, 6.45) is 3.50. The van der Waals surface area contributed by atoms with Gasteiger partial charge in [0.25, 0.3) is 0 Å². The van der Waals surface area contributed by atoms with Gasteiger partial charge in [-0.3, -0.25) is 0 Å². The molecule has 240 valence electrons. The first-order chi connectivity index (χ1) is 19.9. The van der Waals surface area contributed by atoms with E-state index < -0.39 is 36.5 Å². The van der Waals surface area contributed by atoms with E-state index in [0.717, 1.165) is 11.1 Å². The number of carbonyl (C=O) groups is 2. The zero-order chi connectivity index (χ0) is 33.0. The van der Waals surface area contributed by atoms with Crippen LogP contribution in [0, 0.1) is 0 Å². The van der Waals surface area contributed by atoms with Crippen molar-refractivity contribution in [2.45, 2.75) is 106 Å². The first-order valence-electron chi connectivity index (χ1n) is 15.6. The van der Waals surface area contributed by atoms with E-state index in [-0.39, 0.29) is 35.1 Å². The average molecular weight is 812 g/mol. The number of benzene rings is 2. The van der Waals surface area contributed by atoms with Gasteiger partial charge < -0.3 is 0 Å². The van der Waals surface area contributed by atoms with Crippen molar-refractivity contribution in [3.05, 3.63) is 83.9 Å². The molecular weight excluding hydrogens is 756 g/mol. The van der Waals surface area contributed by atoms with Gasteiger partial charge in [-0.15, -0.1) is 0 Å². The van der Waals surface area contributed by atoms with Crippen LogP contribution in [-0.4, -0.2) is 48.4 Å². The molecule has 7 heteroatoms. The second-order valence-corrected chi connectivity index (χ2v) is 48.9. The summed E-state index contributed by atoms with van der Waals surface area (Å²) in [6.45, 7) is 33.3. The molecule has 0 N–H and O–H groups in total. The van der Waals surface area contributed by atoms with Crippen LogP contribution in [0.1, 0.15) is 115 Å². The Kier molecular flexibility index (Phi) is 12.1. The van der Waals surface area contributed by atoms with Crippen LogP contribution in [0.15, 0.2) is 61.7 Å². The van der Waals surface area contributed by atoms with E-state index in [9.17, 15) is 9.59 Å². The maximum absolute atomic E-state index is 14.2. The molecule has 0 aliphatic heterocycles. The van der Waals surface area contributed by atoms with E-state index in [4.69, 9.17) is 7.32 Å². The molecule has 2 aromatic carbocycles. The van der Waals surface area contributed by atoms with Gasteiger partial charge in [-0.2, -0.15) is 0 Å². The summed E-state index contributed by atoms with van der Waals surface area (Å²) in [5.74, 6) is -0.768. The molecule has 0 saturated carbocycles. The van der Waals surface area contributed by atoms with Gasteiger partial charge in [0.1, 0.15) is 0 Å². The fourth-order valence-electron chi connectivity index (χ4n) is 7.15. The van der Waals surface area contributed by atoms with Crippen molar-refractivity contribution in [2.24, 2.45) is 0 Å².